The highest BCUT2D eigenvalue weighted by molar-refractivity contribution is 6.30. The third kappa shape index (κ3) is 2.90. The number of hydrogen-bond acceptors (Lipinski definition) is 2. The minimum absolute atomic E-state index is 0.0847. The number of likely N-dealkylation sites (tertiary alicyclic amines) is 1. The topological polar surface area (TPSA) is 46.3 Å². The number of piperidine rings is 1. The van der Waals surface area contributed by atoms with E-state index < -0.39 is 5.82 Å². The van der Waals surface area contributed by atoms with Crippen molar-refractivity contribution in [1.29, 1.82) is 0 Å². The molecule has 0 aromatic heterocycles. The molecule has 2 rings (SSSR count). The van der Waals surface area contributed by atoms with Gasteiger partial charge in [0.2, 0.25) is 5.91 Å². The summed E-state index contributed by atoms with van der Waals surface area (Å²) in [6.45, 7) is 2.65. The van der Waals surface area contributed by atoms with Crippen LogP contribution in [0.1, 0.15) is 37.8 Å². The van der Waals surface area contributed by atoms with Crippen molar-refractivity contribution in [2.45, 2.75) is 38.3 Å². The molecule has 1 saturated heterocycles. The SMILES string of the molecule is CCCN1C(=O)CCC(N)C1c1ccc(Cl)c(F)c1. The summed E-state index contributed by atoms with van der Waals surface area (Å²) in [6, 6.07) is 4.23. The number of halogens is 2. The molecule has 0 bridgehead atoms. The van der Waals surface area contributed by atoms with Crippen molar-refractivity contribution in [2.24, 2.45) is 5.73 Å². The molecule has 1 heterocycles. The van der Waals surface area contributed by atoms with Gasteiger partial charge < -0.3 is 10.6 Å². The summed E-state index contributed by atoms with van der Waals surface area (Å²) >= 11 is 5.70. The highest BCUT2D eigenvalue weighted by Crippen LogP contribution is 2.32. The quantitative estimate of drug-likeness (QED) is 0.928. The Bertz CT molecular complexity index is 481. The van der Waals surface area contributed by atoms with E-state index in [1.807, 2.05) is 6.92 Å². The second-order valence-electron chi connectivity index (χ2n) is 4.91. The zero-order valence-electron chi connectivity index (χ0n) is 10.9. The molecule has 1 aliphatic heterocycles. The summed E-state index contributed by atoms with van der Waals surface area (Å²) in [5, 5.41) is 0.0847. The fourth-order valence-corrected chi connectivity index (χ4v) is 2.72. The first-order valence-corrected chi connectivity index (χ1v) is 6.92. The van der Waals surface area contributed by atoms with Gasteiger partial charge >= 0.3 is 0 Å². The number of rotatable bonds is 3. The van der Waals surface area contributed by atoms with E-state index in [0.29, 0.717) is 19.4 Å². The van der Waals surface area contributed by atoms with Crippen molar-refractivity contribution >= 4 is 17.5 Å². The molecule has 1 fully saturated rings. The second-order valence-corrected chi connectivity index (χ2v) is 5.32. The summed E-state index contributed by atoms with van der Waals surface area (Å²) in [7, 11) is 0. The number of carbonyl (C=O) groups is 1. The lowest BCUT2D eigenvalue weighted by molar-refractivity contribution is -0.137. The van der Waals surface area contributed by atoms with Gasteiger partial charge in [0.1, 0.15) is 5.82 Å². The minimum Gasteiger partial charge on any atom is -0.334 e. The van der Waals surface area contributed by atoms with Crippen LogP contribution in [0.3, 0.4) is 0 Å². The van der Waals surface area contributed by atoms with Crippen LogP contribution in [0.25, 0.3) is 0 Å². The maximum atomic E-state index is 13.6. The lowest BCUT2D eigenvalue weighted by Crippen LogP contribution is -2.49. The molecule has 1 aromatic carbocycles. The van der Waals surface area contributed by atoms with Crippen molar-refractivity contribution in [3.05, 3.63) is 34.6 Å². The Kier molecular flexibility index (Phi) is 4.42. The summed E-state index contributed by atoms with van der Waals surface area (Å²) in [5.74, 6) is -0.384. The summed E-state index contributed by atoms with van der Waals surface area (Å²) in [5.41, 5.74) is 6.85. The average Bonchev–Trinajstić information content (AvgIpc) is 2.38. The van der Waals surface area contributed by atoms with Crippen LogP contribution in [0.15, 0.2) is 18.2 Å². The van der Waals surface area contributed by atoms with Gasteiger partial charge in [-0.15, -0.1) is 0 Å². The second kappa shape index (κ2) is 5.88. The van der Waals surface area contributed by atoms with Gasteiger partial charge in [-0.1, -0.05) is 24.6 Å². The van der Waals surface area contributed by atoms with Gasteiger partial charge in [-0.05, 0) is 30.5 Å². The molecular formula is C14H18ClFN2O. The van der Waals surface area contributed by atoms with Crippen LogP contribution in [0, 0.1) is 5.82 Å². The maximum Gasteiger partial charge on any atom is 0.223 e. The first-order chi connectivity index (χ1) is 9.04. The molecule has 1 aliphatic rings. The van der Waals surface area contributed by atoms with Crippen LogP contribution in [0.2, 0.25) is 5.02 Å². The summed E-state index contributed by atoms with van der Waals surface area (Å²) in [6.07, 6.45) is 1.95. The largest absolute Gasteiger partial charge is 0.334 e. The number of hydrogen-bond donors (Lipinski definition) is 1. The third-order valence-corrected chi connectivity index (χ3v) is 3.81. The Morgan fingerprint density at radius 3 is 2.89 bits per heavy atom. The zero-order chi connectivity index (χ0) is 14.0. The summed E-state index contributed by atoms with van der Waals surface area (Å²) < 4.78 is 13.6. The Hall–Kier alpha value is -1.13. The molecule has 0 saturated carbocycles. The van der Waals surface area contributed by atoms with Crippen molar-refractivity contribution < 1.29 is 9.18 Å². The number of nitrogens with two attached hydrogens (primary N) is 1. The number of amides is 1. The van der Waals surface area contributed by atoms with Gasteiger partial charge in [0.25, 0.3) is 0 Å². The van der Waals surface area contributed by atoms with Crippen molar-refractivity contribution in [1.82, 2.24) is 4.90 Å². The Morgan fingerprint density at radius 1 is 1.53 bits per heavy atom. The van der Waals surface area contributed by atoms with E-state index in [1.165, 1.54) is 12.1 Å². The first-order valence-electron chi connectivity index (χ1n) is 6.54. The molecule has 19 heavy (non-hydrogen) atoms. The van der Waals surface area contributed by atoms with E-state index in [4.69, 9.17) is 17.3 Å². The van der Waals surface area contributed by atoms with Gasteiger partial charge in [-0.2, -0.15) is 0 Å². The monoisotopic (exact) mass is 284 g/mol. The van der Waals surface area contributed by atoms with E-state index in [-0.39, 0.29) is 23.0 Å². The van der Waals surface area contributed by atoms with E-state index in [9.17, 15) is 9.18 Å². The molecular weight excluding hydrogens is 267 g/mol. The zero-order valence-corrected chi connectivity index (χ0v) is 11.7. The van der Waals surface area contributed by atoms with Gasteiger partial charge in [0, 0.05) is 19.0 Å². The summed E-state index contributed by atoms with van der Waals surface area (Å²) in [4.78, 5) is 13.8. The lowest BCUT2D eigenvalue weighted by atomic mass is 9.90. The van der Waals surface area contributed by atoms with E-state index >= 15 is 0 Å². The molecule has 1 aromatic rings. The molecule has 1 amide bonds. The van der Waals surface area contributed by atoms with E-state index in [1.54, 1.807) is 11.0 Å². The Labute approximate surface area is 117 Å². The van der Waals surface area contributed by atoms with Crippen molar-refractivity contribution in [3.8, 4) is 0 Å². The standard InChI is InChI=1S/C14H18ClFN2O/c1-2-7-18-13(19)6-5-12(17)14(18)9-3-4-10(15)11(16)8-9/h3-4,8,12,14H,2,5-7,17H2,1H3. The van der Waals surface area contributed by atoms with Gasteiger partial charge in [0.05, 0.1) is 11.1 Å². The molecule has 0 radical (unpaired) electrons. The lowest BCUT2D eigenvalue weighted by Gasteiger charge is -2.40. The van der Waals surface area contributed by atoms with Gasteiger partial charge in [0.15, 0.2) is 0 Å². The Balaban J connectivity index is 2.36. The fraction of sp³-hybridized carbons (Fsp3) is 0.500. The van der Waals surface area contributed by atoms with Gasteiger partial charge in [-0.3, -0.25) is 4.79 Å². The molecule has 2 N–H and O–H groups in total. The smallest absolute Gasteiger partial charge is 0.223 e. The minimum atomic E-state index is -0.471. The number of benzene rings is 1. The first kappa shape index (κ1) is 14.3. The molecule has 0 spiro atoms. The number of carbonyl (C=O) groups excluding carboxylic acids is 1. The van der Waals surface area contributed by atoms with Crippen LogP contribution in [-0.2, 0) is 4.79 Å². The highest BCUT2D eigenvalue weighted by Gasteiger charge is 2.34. The highest BCUT2D eigenvalue weighted by atomic mass is 35.5. The molecule has 2 unspecified atom stereocenters. The maximum absolute atomic E-state index is 13.6. The molecule has 0 aliphatic carbocycles. The van der Waals surface area contributed by atoms with E-state index in [0.717, 1.165) is 12.0 Å². The predicted molar refractivity (Wildman–Crippen MR) is 73.4 cm³/mol. The van der Waals surface area contributed by atoms with Crippen LogP contribution in [0.5, 0.6) is 0 Å². The molecule has 2 atom stereocenters. The third-order valence-electron chi connectivity index (χ3n) is 3.50. The van der Waals surface area contributed by atoms with E-state index in [2.05, 4.69) is 0 Å². The molecule has 3 nitrogen and oxygen atoms in total. The predicted octanol–water partition coefficient (Wildman–Crippen LogP) is 2.88. The van der Waals surface area contributed by atoms with Crippen LogP contribution in [-0.4, -0.2) is 23.4 Å². The van der Waals surface area contributed by atoms with Crippen LogP contribution >= 0.6 is 11.6 Å². The van der Waals surface area contributed by atoms with Crippen molar-refractivity contribution in [3.63, 3.8) is 0 Å². The fourth-order valence-electron chi connectivity index (χ4n) is 2.61. The van der Waals surface area contributed by atoms with Gasteiger partial charge in [-0.25, -0.2) is 4.39 Å². The average molecular weight is 285 g/mol. The van der Waals surface area contributed by atoms with Crippen molar-refractivity contribution in [2.75, 3.05) is 6.54 Å². The molecule has 104 valence electrons. The van der Waals surface area contributed by atoms with Crippen LogP contribution in [0.4, 0.5) is 4.39 Å². The van der Waals surface area contributed by atoms with Crippen LogP contribution < -0.4 is 5.73 Å². The number of nitrogens with zero attached hydrogens (tertiary/aromatic N) is 1. The normalized spacial score (nSPS) is 23.8. The Morgan fingerprint density at radius 2 is 2.26 bits per heavy atom. The molecule has 5 heteroatoms.